The average molecular weight is 268 g/mol. The predicted molar refractivity (Wildman–Crippen MR) is 72.2 cm³/mol. The minimum absolute atomic E-state index is 0.107. The first-order valence-corrected chi connectivity index (χ1v) is 7.50. The van der Waals surface area contributed by atoms with E-state index in [0.29, 0.717) is 12.0 Å². The second kappa shape index (κ2) is 5.78. The lowest BCUT2D eigenvalue weighted by molar-refractivity contribution is -0.133. The Morgan fingerprint density at radius 1 is 1.56 bits per heavy atom. The highest BCUT2D eigenvalue weighted by molar-refractivity contribution is 7.99. The van der Waals surface area contributed by atoms with Crippen molar-refractivity contribution in [1.82, 2.24) is 9.78 Å². The zero-order chi connectivity index (χ0) is 13.1. The number of aromatic nitrogens is 2. The summed E-state index contributed by atoms with van der Waals surface area (Å²) in [5.41, 5.74) is 1.06. The molecule has 0 saturated heterocycles. The first-order valence-electron chi connectivity index (χ1n) is 6.52. The molecule has 1 aromatic rings. The van der Waals surface area contributed by atoms with Gasteiger partial charge in [-0.3, -0.25) is 9.48 Å². The lowest BCUT2D eigenvalue weighted by Crippen LogP contribution is -2.09. The van der Waals surface area contributed by atoms with Crippen molar-refractivity contribution in [1.29, 1.82) is 0 Å². The molecule has 0 spiro atoms. The fourth-order valence-electron chi connectivity index (χ4n) is 2.33. The molecule has 1 heterocycles. The van der Waals surface area contributed by atoms with E-state index in [2.05, 4.69) is 29.7 Å². The number of carboxylic acid groups (broad SMARTS) is 1. The van der Waals surface area contributed by atoms with Crippen LogP contribution in [0.25, 0.3) is 0 Å². The van der Waals surface area contributed by atoms with Crippen molar-refractivity contribution in [3.63, 3.8) is 0 Å². The second-order valence-electron chi connectivity index (χ2n) is 5.13. The molecule has 1 aromatic heterocycles. The van der Waals surface area contributed by atoms with Gasteiger partial charge in [-0.1, -0.05) is 38.5 Å². The van der Waals surface area contributed by atoms with Crippen molar-refractivity contribution >= 4 is 17.7 Å². The minimum Gasteiger partial charge on any atom is -0.481 e. The van der Waals surface area contributed by atoms with Gasteiger partial charge in [0.05, 0.1) is 22.5 Å². The van der Waals surface area contributed by atoms with E-state index >= 15 is 0 Å². The molecule has 5 heteroatoms. The molecule has 100 valence electrons. The monoisotopic (exact) mass is 268 g/mol. The number of carboxylic acids is 1. The summed E-state index contributed by atoms with van der Waals surface area (Å²) in [5, 5.41) is 14.5. The summed E-state index contributed by atoms with van der Waals surface area (Å²) < 4.78 is 2.07. The molecule has 0 atom stereocenters. The predicted octanol–water partition coefficient (Wildman–Crippen LogP) is 3.30. The first kappa shape index (κ1) is 13.5. The Hall–Kier alpha value is -0.970. The molecule has 0 aromatic carbocycles. The van der Waals surface area contributed by atoms with Crippen LogP contribution in [0.4, 0.5) is 0 Å². The molecule has 1 aliphatic rings. The van der Waals surface area contributed by atoms with Gasteiger partial charge in [-0.25, -0.2) is 0 Å². The lowest BCUT2D eigenvalue weighted by atomic mass is 10.1. The van der Waals surface area contributed by atoms with E-state index < -0.39 is 5.97 Å². The van der Waals surface area contributed by atoms with Gasteiger partial charge < -0.3 is 5.11 Å². The minimum atomic E-state index is -0.773. The number of hydrogen-bond acceptors (Lipinski definition) is 3. The third kappa shape index (κ3) is 3.07. The van der Waals surface area contributed by atoms with Crippen LogP contribution in [0.5, 0.6) is 0 Å². The zero-order valence-corrected chi connectivity index (χ0v) is 11.7. The maximum absolute atomic E-state index is 10.7. The van der Waals surface area contributed by atoms with E-state index in [9.17, 15) is 4.79 Å². The molecular formula is C13H20N2O2S. The third-order valence-electron chi connectivity index (χ3n) is 3.33. The van der Waals surface area contributed by atoms with Gasteiger partial charge >= 0.3 is 5.97 Å². The van der Waals surface area contributed by atoms with Crippen LogP contribution >= 0.6 is 11.8 Å². The Morgan fingerprint density at radius 2 is 2.22 bits per heavy atom. The summed E-state index contributed by atoms with van der Waals surface area (Å²) in [6.07, 6.45) is 4.84. The summed E-state index contributed by atoms with van der Waals surface area (Å²) in [7, 11) is 0. The van der Waals surface area contributed by atoms with Crippen LogP contribution < -0.4 is 0 Å². The Balaban J connectivity index is 2.20. The first-order chi connectivity index (χ1) is 8.58. The molecule has 2 rings (SSSR count). The summed E-state index contributed by atoms with van der Waals surface area (Å²) in [6.45, 7) is 4.24. The van der Waals surface area contributed by atoms with Crippen molar-refractivity contribution in [2.24, 2.45) is 0 Å². The van der Waals surface area contributed by atoms with E-state index in [4.69, 9.17) is 5.11 Å². The molecule has 1 saturated carbocycles. The maximum Gasteiger partial charge on any atom is 0.313 e. The number of rotatable bonds is 5. The van der Waals surface area contributed by atoms with E-state index in [1.54, 1.807) is 0 Å². The van der Waals surface area contributed by atoms with Crippen molar-refractivity contribution in [2.45, 2.75) is 56.5 Å². The third-order valence-corrected chi connectivity index (χ3v) is 4.32. The van der Waals surface area contributed by atoms with Crippen LogP contribution in [-0.4, -0.2) is 26.6 Å². The van der Waals surface area contributed by atoms with E-state index in [1.165, 1.54) is 37.4 Å². The van der Waals surface area contributed by atoms with Crippen molar-refractivity contribution in [3.8, 4) is 0 Å². The maximum atomic E-state index is 10.7. The van der Waals surface area contributed by atoms with Gasteiger partial charge in [-0.05, 0) is 24.8 Å². The second-order valence-corrected chi connectivity index (χ2v) is 6.12. The highest BCUT2D eigenvalue weighted by atomic mass is 32.2. The van der Waals surface area contributed by atoms with Crippen molar-refractivity contribution in [2.75, 3.05) is 5.75 Å². The van der Waals surface area contributed by atoms with Crippen LogP contribution in [0.1, 0.15) is 57.2 Å². The van der Waals surface area contributed by atoms with Gasteiger partial charge in [0, 0.05) is 0 Å². The molecule has 1 aliphatic carbocycles. The van der Waals surface area contributed by atoms with Crippen LogP contribution in [-0.2, 0) is 4.79 Å². The largest absolute Gasteiger partial charge is 0.481 e. The molecule has 0 unspecified atom stereocenters. The van der Waals surface area contributed by atoms with Gasteiger partial charge in [0.15, 0.2) is 0 Å². The number of carbonyl (C=O) groups is 1. The van der Waals surface area contributed by atoms with E-state index in [-0.39, 0.29) is 5.75 Å². The fraction of sp³-hybridized carbons (Fsp3) is 0.692. The van der Waals surface area contributed by atoms with Gasteiger partial charge in [-0.2, -0.15) is 5.10 Å². The lowest BCUT2D eigenvalue weighted by Gasteiger charge is -2.13. The van der Waals surface area contributed by atoms with Crippen LogP contribution in [0.3, 0.4) is 0 Å². The van der Waals surface area contributed by atoms with Gasteiger partial charge in [0.2, 0.25) is 0 Å². The Kier molecular flexibility index (Phi) is 4.32. The molecule has 1 fully saturated rings. The molecule has 4 nitrogen and oxygen atoms in total. The number of hydrogen-bond donors (Lipinski definition) is 1. The molecule has 0 radical (unpaired) electrons. The quantitative estimate of drug-likeness (QED) is 0.832. The van der Waals surface area contributed by atoms with Crippen LogP contribution in [0, 0.1) is 0 Å². The number of nitrogens with zero attached hydrogens (tertiary/aromatic N) is 2. The standard InChI is InChI=1S/C13H20N2O2S/c1-9(2)11-7-12(18-8-13(16)17)15(14-11)10-5-3-4-6-10/h7,9-10H,3-6,8H2,1-2H3,(H,16,17). The van der Waals surface area contributed by atoms with Crippen LogP contribution in [0.2, 0.25) is 0 Å². The van der Waals surface area contributed by atoms with Gasteiger partial charge in [0.1, 0.15) is 0 Å². The Labute approximate surface area is 112 Å². The molecular weight excluding hydrogens is 248 g/mol. The number of thioether (sulfide) groups is 1. The molecule has 0 amide bonds. The Morgan fingerprint density at radius 3 is 2.78 bits per heavy atom. The highest BCUT2D eigenvalue weighted by Crippen LogP contribution is 2.34. The van der Waals surface area contributed by atoms with E-state index in [1.807, 2.05) is 0 Å². The smallest absolute Gasteiger partial charge is 0.313 e. The Bertz CT molecular complexity index is 423. The normalized spacial score (nSPS) is 16.6. The van der Waals surface area contributed by atoms with Crippen molar-refractivity contribution in [3.05, 3.63) is 11.8 Å². The molecule has 0 aliphatic heterocycles. The summed E-state index contributed by atoms with van der Waals surface area (Å²) in [6, 6.07) is 2.52. The summed E-state index contributed by atoms with van der Waals surface area (Å²) in [4.78, 5) is 10.7. The fourth-order valence-corrected chi connectivity index (χ4v) is 3.13. The molecule has 18 heavy (non-hydrogen) atoms. The number of aliphatic carboxylic acids is 1. The van der Waals surface area contributed by atoms with Crippen LogP contribution in [0.15, 0.2) is 11.1 Å². The van der Waals surface area contributed by atoms with Gasteiger partial charge in [0.25, 0.3) is 0 Å². The van der Waals surface area contributed by atoms with Crippen molar-refractivity contribution < 1.29 is 9.90 Å². The average Bonchev–Trinajstić information content (AvgIpc) is 2.95. The zero-order valence-electron chi connectivity index (χ0n) is 10.9. The van der Waals surface area contributed by atoms with Gasteiger partial charge in [-0.15, -0.1) is 0 Å². The molecule has 0 bridgehead atoms. The highest BCUT2D eigenvalue weighted by Gasteiger charge is 2.22. The summed E-state index contributed by atoms with van der Waals surface area (Å²) >= 11 is 1.38. The summed E-state index contributed by atoms with van der Waals surface area (Å²) in [5.74, 6) is -0.280. The topological polar surface area (TPSA) is 55.1 Å². The SMILES string of the molecule is CC(C)c1cc(SCC(=O)O)n(C2CCCC2)n1. The molecule has 1 N–H and O–H groups in total. The van der Waals surface area contributed by atoms with E-state index in [0.717, 1.165) is 10.7 Å².